The highest BCUT2D eigenvalue weighted by Gasteiger charge is 2.15. The Morgan fingerprint density at radius 1 is 1.10 bits per heavy atom. The standard InChI is InChI=1S/C17H22N2O/c1-13(20)19-11-6-2-3-8-17-15(10-12-19)14-7-4-5-9-16(14)18-17/h4-5,7,9,18H,2-3,6,8,10-12H2,1H3. The number of rotatable bonds is 0. The van der Waals surface area contributed by atoms with E-state index >= 15 is 0 Å². The molecule has 2 aromatic rings. The topological polar surface area (TPSA) is 36.1 Å². The first-order valence-electron chi connectivity index (χ1n) is 7.59. The van der Waals surface area contributed by atoms with Gasteiger partial charge < -0.3 is 9.88 Å². The van der Waals surface area contributed by atoms with E-state index in [0.717, 1.165) is 32.4 Å². The maximum Gasteiger partial charge on any atom is 0.219 e. The highest BCUT2D eigenvalue weighted by atomic mass is 16.2. The fourth-order valence-electron chi connectivity index (χ4n) is 3.21. The predicted octanol–water partition coefficient (Wildman–Crippen LogP) is 3.29. The van der Waals surface area contributed by atoms with Gasteiger partial charge in [0.25, 0.3) is 0 Å². The van der Waals surface area contributed by atoms with Gasteiger partial charge in [0.05, 0.1) is 0 Å². The van der Waals surface area contributed by atoms with Gasteiger partial charge in [-0.3, -0.25) is 4.79 Å². The number of aryl methyl sites for hydroxylation is 1. The monoisotopic (exact) mass is 270 g/mol. The Hall–Kier alpha value is -1.77. The maximum absolute atomic E-state index is 11.7. The molecule has 1 aliphatic heterocycles. The molecule has 0 spiro atoms. The van der Waals surface area contributed by atoms with Crippen LogP contribution in [0, 0.1) is 0 Å². The normalized spacial score (nSPS) is 16.9. The number of fused-ring (bicyclic) bond motifs is 3. The summed E-state index contributed by atoms with van der Waals surface area (Å²) in [6.07, 6.45) is 5.60. The number of benzene rings is 1. The average Bonchev–Trinajstić information content (AvgIpc) is 2.80. The zero-order chi connectivity index (χ0) is 13.9. The molecule has 1 aliphatic rings. The van der Waals surface area contributed by atoms with Crippen molar-refractivity contribution in [1.29, 1.82) is 0 Å². The van der Waals surface area contributed by atoms with E-state index in [2.05, 4.69) is 29.2 Å². The van der Waals surface area contributed by atoms with Crippen LogP contribution >= 0.6 is 0 Å². The quantitative estimate of drug-likeness (QED) is 0.783. The lowest BCUT2D eigenvalue weighted by Crippen LogP contribution is -2.32. The number of amides is 1. The van der Waals surface area contributed by atoms with Crippen LogP contribution in [-0.2, 0) is 17.6 Å². The van der Waals surface area contributed by atoms with Gasteiger partial charge in [-0.1, -0.05) is 24.6 Å². The summed E-state index contributed by atoms with van der Waals surface area (Å²) in [5.41, 5.74) is 4.01. The Kier molecular flexibility index (Phi) is 3.77. The number of hydrogen-bond donors (Lipinski definition) is 1. The Bertz CT molecular complexity index is 614. The Labute approximate surface area is 120 Å². The predicted molar refractivity (Wildman–Crippen MR) is 81.8 cm³/mol. The molecule has 3 heteroatoms. The number of para-hydroxylation sites is 1. The number of hydrogen-bond acceptors (Lipinski definition) is 1. The minimum absolute atomic E-state index is 0.201. The number of carbonyl (C=O) groups is 1. The molecule has 1 N–H and O–H groups in total. The molecule has 0 saturated heterocycles. The molecule has 1 aromatic heterocycles. The highest BCUT2D eigenvalue weighted by Crippen LogP contribution is 2.25. The maximum atomic E-state index is 11.7. The number of carbonyl (C=O) groups excluding carboxylic acids is 1. The van der Waals surface area contributed by atoms with Gasteiger partial charge in [0.15, 0.2) is 0 Å². The van der Waals surface area contributed by atoms with Crippen molar-refractivity contribution < 1.29 is 4.79 Å². The van der Waals surface area contributed by atoms with E-state index in [1.807, 2.05) is 4.90 Å². The number of nitrogens with one attached hydrogen (secondary N) is 1. The first-order chi connectivity index (χ1) is 9.75. The molecule has 20 heavy (non-hydrogen) atoms. The molecule has 0 atom stereocenters. The summed E-state index contributed by atoms with van der Waals surface area (Å²) in [7, 11) is 0. The lowest BCUT2D eigenvalue weighted by atomic mass is 10.0. The SMILES string of the molecule is CC(=O)N1CCCCCc2[nH]c3ccccc3c2CC1. The van der Waals surface area contributed by atoms with Crippen LogP contribution in [-0.4, -0.2) is 28.9 Å². The Morgan fingerprint density at radius 2 is 1.95 bits per heavy atom. The summed E-state index contributed by atoms with van der Waals surface area (Å²) in [4.78, 5) is 17.3. The molecule has 106 valence electrons. The van der Waals surface area contributed by atoms with E-state index in [9.17, 15) is 4.79 Å². The van der Waals surface area contributed by atoms with Crippen LogP contribution in [0.15, 0.2) is 24.3 Å². The molecule has 3 nitrogen and oxygen atoms in total. The molecular weight excluding hydrogens is 248 g/mol. The van der Waals surface area contributed by atoms with Crippen LogP contribution in [0.2, 0.25) is 0 Å². The smallest absolute Gasteiger partial charge is 0.219 e. The molecule has 0 saturated carbocycles. The second kappa shape index (κ2) is 5.70. The van der Waals surface area contributed by atoms with Gasteiger partial charge in [-0.25, -0.2) is 0 Å². The van der Waals surface area contributed by atoms with Crippen molar-refractivity contribution in [3.63, 3.8) is 0 Å². The minimum atomic E-state index is 0.201. The number of aromatic amines is 1. The first kappa shape index (κ1) is 13.2. The third-order valence-electron chi connectivity index (χ3n) is 4.33. The third-order valence-corrected chi connectivity index (χ3v) is 4.33. The van der Waals surface area contributed by atoms with Crippen LogP contribution in [0.25, 0.3) is 10.9 Å². The number of aromatic nitrogens is 1. The molecule has 0 bridgehead atoms. The molecule has 0 fully saturated rings. The zero-order valence-electron chi connectivity index (χ0n) is 12.1. The number of nitrogens with zero attached hydrogens (tertiary/aromatic N) is 1. The van der Waals surface area contributed by atoms with Crippen molar-refractivity contribution in [1.82, 2.24) is 9.88 Å². The van der Waals surface area contributed by atoms with Gasteiger partial charge in [-0.05, 0) is 37.3 Å². The highest BCUT2D eigenvalue weighted by molar-refractivity contribution is 5.84. The van der Waals surface area contributed by atoms with Crippen molar-refractivity contribution in [3.8, 4) is 0 Å². The second-order valence-electron chi connectivity index (χ2n) is 5.69. The van der Waals surface area contributed by atoms with Crippen LogP contribution < -0.4 is 0 Å². The second-order valence-corrected chi connectivity index (χ2v) is 5.69. The van der Waals surface area contributed by atoms with E-state index in [4.69, 9.17) is 0 Å². The molecule has 0 aliphatic carbocycles. The Morgan fingerprint density at radius 3 is 2.80 bits per heavy atom. The van der Waals surface area contributed by atoms with Gasteiger partial charge in [-0.15, -0.1) is 0 Å². The van der Waals surface area contributed by atoms with Crippen molar-refractivity contribution in [2.45, 2.75) is 39.0 Å². The van der Waals surface area contributed by atoms with Crippen molar-refractivity contribution >= 4 is 16.8 Å². The van der Waals surface area contributed by atoms with Crippen molar-refractivity contribution in [2.75, 3.05) is 13.1 Å². The van der Waals surface area contributed by atoms with Gasteiger partial charge in [0.1, 0.15) is 0 Å². The summed E-state index contributed by atoms with van der Waals surface area (Å²) in [6, 6.07) is 8.50. The lowest BCUT2D eigenvalue weighted by molar-refractivity contribution is -0.128. The van der Waals surface area contributed by atoms with E-state index < -0.39 is 0 Å². The van der Waals surface area contributed by atoms with Crippen LogP contribution in [0.1, 0.15) is 37.4 Å². The number of H-pyrrole nitrogens is 1. The summed E-state index contributed by atoms with van der Waals surface area (Å²) in [5, 5.41) is 1.33. The molecule has 1 amide bonds. The summed E-state index contributed by atoms with van der Waals surface area (Å²) >= 11 is 0. The van der Waals surface area contributed by atoms with Gasteiger partial charge in [-0.2, -0.15) is 0 Å². The van der Waals surface area contributed by atoms with E-state index in [-0.39, 0.29) is 5.91 Å². The van der Waals surface area contributed by atoms with Gasteiger partial charge in [0.2, 0.25) is 5.91 Å². The Balaban J connectivity index is 1.95. The molecular formula is C17H22N2O. The minimum Gasteiger partial charge on any atom is -0.358 e. The summed E-state index contributed by atoms with van der Waals surface area (Å²) in [5.74, 6) is 0.201. The molecule has 1 aromatic carbocycles. The van der Waals surface area contributed by atoms with Crippen LogP contribution in [0.5, 0.6) is 0 Å². The largest absolute Gasteiger partial charge is 0.358 e. The third kappa shape index (κ3) is 2.58. The molecule has 0 unspecified atom stereocenters. The van der Waals surface area contributed by atoms with E-state index in [0.29, 0.717) is 0 Å². The van der Waals surface area contributed by atoms with E-state index in [1.165, 1.54) is 35.0 Å². The lowest BCUT2D eigenvalue weighted by Gasteiger charge is -2.22. The molecule has 0 radical (unpaired) electrons. The van der Waals surface area contributed by atoms with Crippen molar-refractivity contribution in [3.05, 3.63) is 35.5 Å². The molecule has 3 rings (SSSR count). The van der Waals surface area contributed by atoms with Crippen LogP contribution in [0.3, 0.4) is 0 Å². The van der Waals surface area contributed by atoms with Crippen LogP contribution in [0.4, 0.5) is 0 Å². The van der Waals surface area contributed by atoms with Gasteiger partial charge >= 0.3 is 0 Å². The fraction of sp³-hybridized carbons (Fsp3) is 0.471. The average molecular weight is 270 g/mol. The van der Waals surface area contributed by atoms with Gasteiger partial charge in [0, 0.05) is 36.6 Å². The fourth-order valence-corrected chi connectivity index (χ4v) is 3.21. The summed E-state index contributed by atoms with van der Waals surface area (Å²) in [6.45, 7) is 3.43. The molecule has 2 heterocycles. The summed E-state index contributed by atoms with van der Waals surface area (Å²) < 4.78 is 0. The van der Waals surface area contributed by atoms with E-state index in [1.54, 1.807) is 6.92 Å². The van der Waals surface area contributed by atoms with Crippen molar-refractivity contribution in [2.24, 2.45) is 0 Å². The first-order valence-corrected chi connectivity index (χ1v) is 7.59. The zero-order valence-corrected chi connectivity index (χ0v) is 12.1.